The van der Waals surface area contributed by atoms with Gasteiger partial charge in [0.15, 0.2) is 0 Å². The lowest BCUT2D eigenvalue weighted by molar-refractivity contribution is -0.113. The number of carbonyl (C=O) groups is 2. The first-order valence-electron chi connectivity index (χ1n) is 7.59. The summed E-state index contributed by atoms with van der Waals surface area (Å²) in [4.78, 5) is 28.2. The number of pyridine rings is 1. The van der Waals surface area contributed by atoms with E-state index in [-0.39, 0.29) is 16.6 Å². The Labute approximate surface area is 146 Å². The van der Waals surface area contributed by atoms with Gasteiger partial charge in [0.2, 0.25) is 5.91 Å². The Morgan fingerprint density at radius 1 is 1.04 bits per heavy atom. The molecule has 2 rings (SSSR count). The summed E-state index contributed by atoms with van der Waals surface area (Å²) in [7, 11) is 0. The minimum Gasteiger partial charge on any atom is -0.325 e. The molecule has 2 N–H and O–H groups in total. The number of rotatable bonds is 5. The van der Waals surface area contributed by atoms with Crippen molar-refractivity contribution in [3.05, 3.63) is 54.4 Å². The van der Waals surface area contributed by atoms with Crippen LogP contribution in [0, 0.1) is 0 Å². The molecule has 0 atom stereocenters. The molecule has 0 aliphatic rings. The maximum atomic E-state index is 12.3. The largest absolute Gasteiger partial charge is 0.325 e. The van der Waals surface area contributed by atoms with E-state index in [1.54, 1.807) is 60.6 Å². The normalized spacial score (nSPS) is 11.0. The van der Waals surface area contributed by atoms with Gasteiger partial charge in [0.25, 0.3) is 5.91 Å². The predicted molar refractivity (Wildman–Crippen MR) is 99.5 cm³/mol. The smallest absolute Gasteiger partial charge is 0.255 e. The number of amides is 2. The van der Waals surface area contributed by atoms with Gasteiger partial charge in [-0.25, -0.2) is 0 Å². The molecule has 1 aromatic carbocycles. The fourth-order valence-corrected chi connectivity index (χ4v) is 2.49. The van der Waals surface area contributed by atoms with Crippen molar-refractivity contribution in [1.82, 2.24) is 4.98 Å². The highest BCUT2D eigenvalue weighted by Gasteiger charge is 2.14. The number of carbonyl (C=O) groups excluding carboxylic acids is 2. The van der Waals surface area contributed by atoms with Crippen LogP contribution >= 0.6 is 11.8 Å². The van der Waals surface area contributed by atoms with E-state index in [4.69, 9.17) is 0 Å². The van der Waals surface area contributed by atoms with E-state index in [1.165, 1.54) is 0 Å². The Balaban J connectivity index is 1.98. The zero-order valence-corrected chi connectivity index (χ0v) is 14.8. The Morgan fingerprint density at radius 2 is 1.75 bits per heavy atom. The third-order valence-corrected chi connectivity index (χ3v) is 4.26. The van der Waals surface area contributed by atoms with Crippen molar-refractivity contribution in [2.45, 2.75) is 25.5 Å². The first-order chi connectivity index (χ1) is 11.3. The summed E-state index contributed by atoms with van der Waals surface area (Å²) in [6.45, 7) is 6.19. The monoisotopic (exact) mass is 343 g/mol. The van der Waals surface area contributed by atoms with Gasteiger partial charge >= 0.3 is 0 Å². The molecule has 0 unspecified atom stereocenters. The molecule has 0 saturated carbocycles. The van der Waals surface area contributed by atoms with E-state index in [0.717, 1.165) is 0 Å². The number of thioether (sulfide) groups is 1. The van der Waals surface area contributed by atoms with Crippen molar-refractivity contribution < 1.29 is 9.59 Å². The summed E-state index contributed by atoms with van der Waals surface area (Å²) in [6, 6.07) is 10.3. The molecule has 6 heteroatoms. The van der Waals surface area contributed by atoms with Crippen LogP contribution in [0.15, 0.2) is 48.8 Å². The summed E-state index contributed by atoms with van der Waals surface area (Å²) >= 11 is 1.58. The van der Waals surface area contributed by atoms with Gasteiger partial charge in [-0.2, -0.15) is 0 Å². The van der Waals surface area contributed by atoms with Crippen molar-refractivity contribution in [3.63, 3.8) is 0 Å². The van der Waals surface area contributed by atoms with E-state index < -0.39 is 0 Å². The van der Waals surface area contributed by atoms with Crippen LogP contribution in [-0.4, -0.2) is 27.3 Å². The quantitative estimate of drug-likeness (QED) is 0.866. The summed E-state index contributed by atoms with van der Waals surface area (Å²) < 4.78 is 0.0314. The van der Waals surface area contributed by atoms with Crippen LogP contribution in [0.4, 0.5) is 11.4 Å². The lowest BCUT2D eigenvalue weighted by Crippen LogP contribution is -2.19. The topological polar surface area (TPSA) is 71.1 Å². The minimum absolute atomic E-state index is 0.0314. The molecule has 5 nitrogen and oxygen atoms in total. The molecule has 2 amide bonds. The minimum atomic E-state index is -0.235. The molecule has 0 saturated heterocycles. The Kier molecular flexibility index (Phi) is 5.98. The van der Waals surface area contributed by atoms with Crippen molar-refractivity contribution in [1.29, 1.82) is 0 Å². The zero-order valence-electron chi connectivity index (χ0n) is 14.0. The van der Waals surface area contributed by atoms with Crippen LogP contribution in [0.25, 0.3) is 0 Å². The maximum absolute atomic E-state index is 12.3. The van der Waals surface area contributed by atoms with Crippen LogP contribution in [0.3, 0.4) is 0 Å². The highest BCUT2D eigenvalue weighted by molar-refractivity contribution is 8.01. The van der Waals surface area contributed by atoms with E-state index in [1.807, 2.05) is 0 Å². The Morgan fingerprint density at radius 3 is 2.42 bits per heavy atom. The number of hydrogen-bond donors (Lipinski definition) is 2. The Hall–Kier alpha value is -2.34. The number of nitrogens with zero attached hydrogens (tertiary/aromatic N) is 1. The number of nitrogens with one attached hydrogen (secondary N) is 2. The van der Waals surface area contributed by atoms with Crippen LogP contribution in [0.2, 0.25) is 0 Å². The second kappa shape index (κ2) is 7.97. The lowest BCUT2D eigenvalue weighted by atomic mass is 10.2. The third kappa shape index (κ3) is 6.04. The molecule has 24 heavy (non-hydrogen) atoms. The fourth-order valence-electron chi connectivity index (χ4n) is 1.86. The predicted octanol–water partition coefficient (Wildman–Crippen LogP) is 3.80. The molecule has 126 valence electrons. The molecule has 1 aromatic heterocycles. The van der Waals surface area contributed by atoms with Gasteiger partial charge in [-0.15, -0.1) is 11.8 Å². The second-order valence-corrected chi connectivity index (χ2v) is 8.02. The highest BCUT2D eigenvalue weighted by atomic mass is 32.2. The molecule has 0 fully saturated rings. The number of hydrogen-bond acceptors (Lipinski definition) is 4. The van der Waals surface area contributed by atoms with Gasteiger partial charge in [0.05, 0.1) is 5.75 Å². The summed E-state index contributed by atoms with van der Waals surface area (Å²) in [5, 5.41) is 5.61. The van der Waals surface area contributed by atoms with Gasteiger partial charge < -0.3 is 10.6 Å². The summed E-state index contributed by atoms with van der Waals surface area (Å²) in [6.07, 6.45) is 3.22. The number of benzene rings is 1. The van der Waals surface area contributed by atoms with Gasteiger partial charge in [-0.05, 0) is 30.3 Å². The molecular formula is C18H21N3O2S. The van der Waals surface area contributed by atoms with Gasteiger partial charge in [0, 0.05) is 34.1 Å². The van der Waals surface area contributed by atoms with Crippen molar-refractivity contribution in [2.24, 2.45) is 0 Å². The van der Waals surface area contributed by atoms with Crippen LogP contribution in [0.1, 0.15) is 31.1 Å². The van der Waals surface area contributed by atoms with Crippen LogP contribution in [-0.2, 0) is 4.79 Å². The molecule has 2 aromatic rings. The van der Waals surface area contributed by atoms with Gasteiger partial charge in [-0.1, -0.05) is 26.8 Å². The van der Waals surface area contributed by atoms with Gasteiger partial charge in [0.1, 0.15) is 0 Å². The molecule has 0 aliphatic carbocycles. The van der Waals surface area contributed by atoms with Crippen LogP contribution < -0.4 is 10.6 Å². The molecule has 0 spiro atoms. The summed E-state index contributed by atoms with van der Waals surface area (Å²) in [5.74, 6) is 0.0553. The summed E-state index contributed by atoms with van der Waals surface area (Å²) in [5.41, 5.74) is 1.76. The van der Waals surface area contributed by atoms with Crippen LogP contribution in [0.5, 0.6) is 0 Å². The number of aromatic nitrogens is 1. The first-order valence-corrected chi connectivity index (χ1v) is 8.57. The average molecular weight is 343 g/mol. The molecule has 1 heterocycles. The van der Waals surface area contributed by atoms with E-state index in [0.29, 0.717) is 22.7 Å². The average Bonchev–Trinajstić information content (AvgIpc) is 2.53. The standard InChI is InChI=1S/C18H21N3O2S/c1-18(2,3)24-12-16(22)20-15-6-4-5-13(11-15)17(23)21-14-7-9-19-10-8-14/h4-11H,12H2,1-3H3,(H,20,22)(H,19,21,23). The van der Waals surface area contributed by atoms with Gasteiger partial charge in [-0.3, -0.25) is 14.6 Å². The molecule has 0 radical (unpaired) electrons. The highest BCUT2D eigenvalue weighted by Crippen LogP contribution is 2.23. The van der Waals surface area contributed by atoms with E-state index in [9.17, 15) is 9.59 Å². The van der Waals surface area contributed by atoms with Crippen molar-refractivity contribution >= 4 is 35.0 Å². The van der Waals surface area contributed by atoms with E-state index >= 15 is 0 Å². The van der Waals surface area contributed by atoms with E-state index in [2.05, 4.69) is 36.4 Å². The first kappa shape index (κ1) is 18.0. The Bertz CT molecular complexity index is 712. The lowest BCUT2D eigenvalue weighted by Gasteiger charge is -2.17. The zero-order chi connectivity index (χ0) is 17.6. The van der Waals surface area contributed by atoms with Crippen molar-refractivity contribution in [3.8, 4) is 0 Å². The third-order valence-electron chi connectivity index (χ3n) is 2.98. The molecular weight excluding hydrogens is 322 g/mol. The number of anilines is 2. The second-order valence-electron chi connectivity index (χ2n) is 6.22. The fraction of sp³-hybridized carbons (Fsp3) is 0.278. The SMILES string of the molecule is CC(C)(C)SCC(=O)Nc1cccc(C(=O)Nc2ccncc2)c1. The molecule has 0 bridgehead atoms. The van der Waals surface area contributed by atoms with Crippen molar-refractivity contribution in [2.75, 3.05) is 16.4 Å². The molecule has 0 aliphatic heterocycles. The maximum Gasteiger partial charge on any atom is 0.255 e.